The van der Waals surface area contributed by atoms with Crippen molar-refractivity contribution in [2.45, 2.75) is 25.2 Å². The average Bonchev–Trinajstić information content (AvgIpc) is 2.26. The highest BCUT2D eigenvalue weighted by molar-refractivity contribution is 9.10. The van der Waals surface area contributed by atoms with E-state index in [0.29, 0.717) is 0 Å². The third-order valence-electron chi connectivity index (χ3n) is 2.61. The topological polar surface area (TPSA) is 84.0 Å². The summed E-state index contributed by atoms with van der Waals surface area (Å²) < 4.78 is 25.0. The lowest BCUT2D eigenvalue weighted by molar-refractivity contribution is 0.473. The molecule has 0 atom stereocenters. The molecule has 0 aliphatic rings. The summed E-state index contributed by atoms with van der Waals surface area (Å²) in [6.45, 7) is 3.43. The normalized spacial score (nSPS) is 12.1. The van der Waals surface area contributed by atoms with Crippen molar-refractivity contribution < 1.29 is 8.42 Å². The molecule has 0 saturated carbocycles. The van der Waals surface area contributed by atoms with Gasteiger partial charge in [0.15, 0.2) is 9.84 Å². The van der Waals surface area contributed by atoms with E-state index in [1.165, 1.54) is 6.07 Å². The summed E-state index contributed by atoms with van der Waals surface area (Å²) in [5.41, 5.74) is 5.27. The van der Waals surface area contributed by atoms with Crippen LogP contribution in [0.5, 0.6) is 0 Å². The lowest BCUT2D eigenvalue weighted by Crippen LogP contribution is -2.17. The summed E-state index contributed by atoms with van der Waals surface area (Å²) in [6, 6.07) is 6.76. The van der Waals surface area contributed by atoms with E-state index in [1.807, 2.05) is 0 Å². The van der Waals surface area contributed by atoms with Crippen molar-refractivity contribution in [2.75, 3.05) is 11.5 Å². The Hall–Kier alpha value is -1.06. The summed E-state index contributed by atoms with van der Waals surface area (Å²) in [6.07, 6.45) is 0.279. The van der Waals surface area contributed by atoms with E-state index >= 15 is 0 Å². The number of hydrogen-bond donors (Lipinski definition) is 1. The smallest absolute Gasteiger partial charge is 0.180 e. The Morgan fingerprint density at radius 1 is 1.44 bits per heavy atom. The summed E-state index contributed by atoms with van der Waals surface area (Å²) in [5.74, 6) is -0.0839. The molecule has 1 aromatic carbocycles. The first-order valence-corrected chi connectivity index (χ1v) is 7.81. The van der Waals surface area contributed by atoms with Gasteiger partial charge in [0, 0.05) is 4.47 Å². The molecule has 0 aromatic heterocycles. The molecule has 0 unspecified atom stereocenters. The second-order valence-corrected chi connectivity index (χ2v) is 7.74. The Morgan fingerprint density at radius 3 is 2.56 bits per heavy atom. The Bertz CT molecular complexity index is 589. The van der Waals surface area contributed by atoms with E-state index in [0.717, 1.165) is 4.47 Å². The number of hydrogen-bond acceptors (Lipinski definition) is 4. The minimum atomic E-state index is -3.45. The van der Waals surface area contributed by atoms with Crippen molar-refractivity contribution in [3.63, 3.8) is 0 Å². The van der Waals surface area contributed by atoms with Gasteiger partial charge in [-0.2, -0.15) is 5.26 Å². The molecule has 0 fully saturated rings. The van der Waals surface area contributed by atoms with Crippen LogP contribution in [0.3, 0.4) is 0 Å². The molecule has 0 aliphatic carbocycles. The van der Waals surface area contributed by atoms with Crippen molar-refractivity contribution in [2.24, 2.45) is 5.41 Å². The van der Waals surface area contributed by atoms with Crippen molar-refractivity contribution in [3.8, 4) is 6.07 Å². The van der Waals surface area contributed by atoms with E-state index in [4.69, 9.17) is 11.0 Å². The van der Waals surface area contributed by atoms with Crippen LogP contribution in [0.2, 0.25) is 0 Å². The highest BCUT2D eigenvalue weighted by Crippen LogP contribution is 2.27. The van der Waals surface area contributed by atoms with Crippen molar-refractivity contribution in [1.29, 1.82) is 5.26 Å². The summed E-state index contributed by atoms with van der Waals surface area (Å²) in [7, 11) is -3.45. The molecule has 1 rings (SSSR count). The van der Waals surface area contributed by atoms with Crippen LogP contribution in [0.4, 0.5) is 5.69 Å². The number of benzene rings is 1. The van der Waals surface area contributed by atoms with E-state index in [1.54, 1.807) is 26.0 Å². The van der Waals surface area contributed by atoms with Gasteiger partial charge in [0.1, 0.15) is 0 Å². The van der Waals surface area contributed by atoms with Gasteiger partial charge in [0.25, 0.3) is 0 Å². The van der Waals surface area contributed by atoms with E-state index < -0.39 is 15.3 Å². The fourth-order valence-electron chi connectivity index (χ4n) is 1.36. The van der Waals surface area contributed by atoms with Crippen LogP contribution in [0, 0.1) is 16.7 Å². The van der Waals surface area contributed by atoms with Crippen molar-refractivity contribution in [3.05, 3.63) is 22.7 Å². The number of nitrogens with zero attached hydrogens (tertiary/aromatic N) is 1. The Morgan fingerprint density at radius 2 is 2.06 bits per heavy atom. The number of sulfone groups is 1. The van der Waals surface area contributed by atoms with Crippen LogP contribution in [0.25, 0.3) is 0 Å². The third-order valence-corrected chi connectivity index (χ3v) is 4.88. The van der Waals surface area contributed by atoms with Crippen molar-refractivity contribution in [1.82, 2.24) is 0 Å². The first-order valence-electron chi connectivity index (χ1n) is 5.37. The fourth-order valence-corrected chi connectivity index (χ4v) is 3.43. The molecular weight excluding hydrogens is 316 g/mol. The molecule has 0 amide bonds. The van der Waals surface area contributed by atoms with Gasteiger partial charge in [-0.05, 0) is 38.5 Å². The molecule has 0 saturated heterocycles. The first-order chi connectivity index (χ1) is 8.18. The van der Waals surface area contributed by atoms with Crippen LogP contribution in [0.1, 0.15) is 20.3 Å². The van der Waals surface area contributed by atoms with Crippen LogP contribution in [-0.2, 0) is 9.84 Å². The average molecular weight is 331 g/mol. The molecular formula is C12H15BrN2O2S. The number of nitrogens with two attached hydrogens (primary N) is 1. The van der Waals surface area contributed by atoms with E-state index in [9.17, 15) is 8.42 Å². The molecule has 98 valence electrons. The highest BCUT2D eigenvalue weighted by atomic mass is 79.9. The van der Waals surface area contributed by atoms with Gasteiger partial charge in [-0.1, -0.05) is 15.9 Å². The number of nitrogen functional groups attached to an aromatic ring is 1. The number of rotatable bonds is 4. The van der Waals surface area contributed by atoms with E-state index in [2.05, 4.69) is 22.0 Å². The molecule has 0 heterocycles. The van der Waals surface area contributed by atoms with Crippen molar-refractivity contribution >= 4 is 31.5 Å². The second kappa shape index (κ2) is 5.29. The molecule has 6 heteroatoms. The monoisotopic (exact) mass is 330 g/mol. The maximum absolute atomic E-state index is 12.1. The quantitative estimate of drug-likeness (QED) is 0.860. The lowest BCUT2D eigenvalue weighted by atomic mass is 9.93. The molecule has 0 radical (unpaired) electrons. The van der Waals surface area contributed by atoms with Gasteiger partial charge in [0.05, 0.1) is 27.8 Å². The maximum atomic E-state index is 12.1. The third kappa shape index (κ3) is 3.72. The highest BCUT2D eigenvalue weighted by Gasteiger charge is 2.24. The minimum absolute atomic E-state index is 0.0839. The van der Waals surface area contributed by atoms with E-state index in [-0.39, 0.29) is 22.8 Å². The Kier molecular flexibility index (Phi) is 4.41. The minimum Gasteiger partial charge on any atom is -0.398 e. The fraction of sp³-hybridized carbons (Fsp3) is 0.417. The molecule has 4 nitrogen and oxygen atoms in total. The van der Waals surface area contributed by atoms with Crippen LogP contribution >= 0.6 is 15.9 Å². The number of nitriles is 1. The Balaban J connectivity index is 2.98. The number of halogens is 1. The van der Waals surface area contributed by atoms with Crippen LogP contribution < -0.4 is 5.73 Å². The molecule has 18 heavy (non-hydrogen) atoms. The molecule has 0 bridgehead atoms. The van der Waals surface area contributed by atoms with Gasteiger partial charge in [-0.3, -0.25) is 0 Å². The second-order valence-electron chi connectivity index (χ2n) is 4.75. The molecule has 0 aliphatic heterocycles. The molecule has 0 spiro atoms. The Labute approximate surface area is 116 Å². The predicted octanol–water partition coefficient (Wildman–Crippen LogP) is 2.74. The zero-order chi connectivity index (χ0) is 14.0. The van der Waals surface area contributed by atoms with Gasteiger partial charge in [-0.15, -0.1) is 0 Å². The predicted molar refractivity (Wildman–Crippen MR) is 74.6 cm³/mol. The summed E-state index contributed by atoms with van der Waals surface area (Å²) >= 11 is 3.23. The first kappa shape index (κ1) is 15.0. The zero-order valence-electron chi connectivity index (χ0n) is 10.3. The van der Waals surface area contributed by atoms with Crippen LogP contribution in [0.15, 0.2) is 27.6 Å². The van der Waals surface area contributed by atoms with Gasteiger partial charge >= 0.3 is 0 Å². The molecule has 2 N–H and O–H groups in total. The zero-order valence-corrected chi connectivity index (χ0v) is 12.7. The van der Waals surface area contributed by atoms with Gasteiger partial charge in [0.2, 0.25) is 0 Å². The lowest BCUT2D eigenvalue weighted by Gasteiger charge is -2.15. The summed E-state index contributed by atoms with van der Waals surface area (Å²) in [4.78, 5) is 0.124. The molecule has 1 aromatic rings. The van der Waals surface area contributed by atoms with Gasteiger partial charge < -0.3 is 5.73 Å². The largest absolute Gasteiger partial charge is 0.398 e. The SMILES string of the molecule is CC(C)(C#N)CCS(=O)(=O)c1ccc(Br)cc1N. The van der Waals surface area contributed by atoms with Crippen LogP contribution in [-0.4, -0.2) is 14.2 Å². The summed E-state index contributed by atoms with van der Waals surface area (Å²) in [5, 5.41) is 8.88. The maximum Gasteiger partial charge on any atom is 0.180 e. The van der Waals surface area contributed by atoms with Gasteiger partial charge in [-0.25, -0.2) is 8.42 Å². The number of anilines is 1. The standard InChI is InChI=1S/C12H15BrN2O2S/c1-12(2,8-14)5-6-18(16,17)11-4-3-9(13)7-10(11)15/h3-4,7H,5-6,15H2,1-2H3.